The Labute approximate surface area is 68.5 Å². The van der Waals surface area contributed by atoms with Crippen LogP contribution in [0.15, 0.2) is 11.5 Å². The second kappa shape index (κ2) is 4.72. The van der Waals surface area contributed by atoms with Crippen molar-refractivity contribution >= 4 is 19.4 Å². The predicted molar refractivity (Wildman–Crippen MR) is 37.8 cm³/mol. The van der Waals surface area contributed by atoms with Crippen LogP contribution in [0.25, 0.3) is 0 Å². The first-order valence-electron chi connectivity index (χ1n) is 2.45. The summed E-state index contributed by atoms with van der Waals surface area (Å²) in [6.07, 6.45) is 0.440. The first-order valence-corrected chi connectivity index (χ1v) is 4.29. The largest absolute Gasteiger partial charge is 0.529 e. The van der Waals surface area contributed by atoms with Crippen LogP contribution in [0.1, 0.15) is 0 Å². The maximum atomic E-state index is 11.8. The molecule has 0 bridgehead atoms. The van der Waals surface area contributed by atoms with E-state index in [4.69, 9.17) is 11.6 Å². The molecule has 0 N–H and O–H groups in total. The zero-order valence-corrected chi connectivity index (χ0v) is 7.56. The van der Waals surface area contributed by atoms with E-state index in [9.17, 15) is 8.96 Å². The Morgan fingerprint density at radius 3 is 2.27 bits per heavy atom. The number of phosphoric ester groups is 1. The molecule has 0 saturated carbocycles. The maximum Gasteiger partial charge on any atom is 0.529 e. The highest BCUT2D eigenvalue weighted by Crippen LogP contribution is 2.48. The van der Waals surface area contributed by atoms with Gasteiger partial charge < -0.3 is 4.52 Å². The molecule has 4 nitrogen and oxygen atoms in total. The average molecular weight is 205 g/mol. The number of hydrogen-bond acceptors (Lipinski definition) is 4. The van der Waals surface area contributed by atoms with Gasteiger partial charge in [0.1, 0.15) is 6.26 Å². The molecule has 0 aromatic carbocycles. The van der Waals surface area contributed by atoms with E-state index in [1.54, 1.807) is 0 Å². The molecule has 66 valence electrons. The predicted octanol–water partition coefficient (Wildman–Crippen LogP) is 2.41. The summed E-state index contributed by atoms with van der Waals surface area (Å²) >= 11 is 4.73. The third-order valence-corrected chi connectivity index (χ3v) is 2.07. The Hall–Kier alpha value is -0.0900. The van der Waals surface area contributed by atoms with Crippen LogP contribution in [0.2, 0.25) is 0 Å². The van der Waals surface area contributed by atoms with Gasteiger partial charge in [-0.1, -0.05) is 0 Å². The molecule has 0 aliphatic rings. The van der Waals surface area contributed by atoms with Crippen LogP contribution >= 0.6 is 19.4 Å². The van der Waals surface area contributed by atoms with Gasteiger partial charge in [-0.25, -0.2) is 4.57 Å². The van der Waals surface area contributed by atoms with Crippen LogP contribution < -0.4 is 0 Å². The SMILES string of the molecule is COP(=O)(OC)OC=C(F)Cl. The molecule has 0 aromatic heterocycles. The summed E-state index contributed by atoms with van der Waals surface area (Å²) in [5, 5.41) is -1.14. The molecule has 0 fully saturated rings. The average Bonchev–Trinajstić information content (AvgIpc) is 2.00. The van der Waals surface area contributed by atoms with Gasteiger partial charge >= 0.3 is 7.82 Å². The molecule has 0 heterocycles. The van der Waals surface area contributed by atoms with Gasteiger partial charge in [0.25, 0.3) is 0 Å². The van der Waals surface area contributed by atoms with Crippen molar-refractivity contribution in [2.45, 2.75) is 0 Å². The molecular weight excluding hydrogens is 197 g/mol. The van der Waals surface area contributed by atoms with Crippen molar-refractivity contribution < 1.29 is 22.5 Å². The highest BCUT2D eigenvalue weighted by Gasteiger charge is 2.22. The van der Waals surface area contributed by atoms with Gasteiger partial charge in [0, 0.05) is 14.2 Å². The number of phosphoric acid groups is 1. The number of rotatable bonds is 4. The van der Waals surface area contributed by atoms with Gasteiger partial charge in [0.2, 0.25) is 5.29 Å². The lowest BCUT2D eigenvalue weighted by Crippen LogP contribution is -1.89. The fraction of sp³-hybridized carbons (Fsp3) is 0.500. The van der Waals surface area contributed by atoms with Crippen molar-refractivity contribution in [2.24, 2.45) is 0 Å². The highest BCUT2D eigenvalue weighted by atomic mass is 35.5. The Bertz CT molecular complexity index is 183. The summed E-state index contributed by atoms with van der Waals surface area (Å²) in [5.41, 5.74) is 0. The van der Waals surface area contributed by atoms with Crippen molar-refractivity contribution in [1.29, 1.82) is 0 Å². The van der Waals surface area contributed by atoms with E-state index < -0.39 is 13.1 Å². The lowest BCUT2D eigenvalue weighted by molar-refractivity contribution is 0.192. The van der Waals surface area contributed by atoms with Crippen molar-refractivity contribution in [2.75, 3.05) is 14.2 Å². The maximum absolute atomic E-state index is 11.8. The molecule has 0 unspecified atom stereocenters. The molecule has 0 aliphatic carbocycles. The monoisotopic (exact) mass is 204 g/mol. The summed E-state index contributed by atoms with van der Waals surface area (Å²) < 4.78 is 35.5. The molecule has 0 aliphatic heterocycles. The van der Waals surface area contributed by atoms with E-state index in [0.29, 0.717) is 6.26 Å². The highest BCUT2D eigenvalue weighted by molar-refractivity contribution is 7.48. The number of halogens is 2. The number of hydrogen-bond donors (Lipinski definition) is 0. The molecule has 0 spiro atoms. The molecule has 0 radical (unpaired) electrons. The van der Waals surface area contributed by atoms with Gasteiger partial charge in [0.15, 0.2) is 0 Å². The normalized spacial score (nSPS) is 13.3. The summed E-state index contributed by atoms with van der Waals surface area (Å²) in [5.74, 6) is 0. The summed E-state index contributed by atoms with van der Waals surface area (Å²) in [7, 11) is -1.43. The zero-order chi connectivity index (χ0) is 8.91. The van der Waals surface area contributed by atoms with Gasteiger partial charge in [-0.2, -0.15) is 4.39 Å². The van der Waals surface area contributed by atoms with Crippen molar-refractivity contribution in [3.63, 3.8) is 0 Å². The fourth-order valence-electron chi connectivity index (χ4n) is 0.265. The van der Waals surface area contributed by atoms with Gasteiger partial charge in [0.05, 0.1) is 0 Å². The summed E-state index contributed by atoms with van der Waals surface area (Å²) in [4.78, 5) is 0. The Morgan fingerprint density at radius 1 is 1.55 bits per heavy atom. The minimum atomic E-state index is -3.64. The van der Waals surface area contributed by atoms with Crippen LogP contribution in [-0.4, -0.2) is 14.2 Å². The van der Waals surface area contributed by atoms with E-state index in [1.165, 1.54) is 0 Å². The molecule has 0 aromatic rings. The molecule has 0 amide bonds. The van der Waals surface area contributed by atoms with Crippen LogP contribution in [0.4, 0.5) is 4.39 Å². The van der Waals surface area contributed by atoms with E-state index in [0.717, 1.165) is 14.2 Å². The van der Waals surface area contributed by atoms with E-state index >= 15 is 0 Å². The molecule has 0 saturated heterocycles. The van der Waals surface area contributed by atoms with Gasteiger partial charge in [-0.15, -0.1) is 0 Å². The van der Waals surface area contributed by atoms with Gasteiger partial charge in [-0.05, 0) is 11.6 Å². The van der Waals surface area contributed by atoms with Crippen molar-refractivity contribution in [1.82, 2.24) is 0 Å². The second-order valence-electron chi connectivity index (χ2n) is 1.33. The summed E-state index contributed by atoms with van der Waals surface area (Å²) in [6.45, 7) is 0. The van der Waals surface area contributed by atoms with Crippen LogP contribution in [0.3, 0.4) is 0 Å². The van der Waals surface area contributed by atoms with Gasteiger partial charge in [-0.3, -0.25) is 9.05 Å². The van der Waals surface area contributed by atoms with E-state index in [-0.39, 0.29) is 0 Å². The third kappa shape index (κ3) is 4.37. The van der Waals surface area contributed by atoms with Crippen molar-refractivity contribution in [3.05, 3.63) is 11.5 Å². The third-order valence-electron chi connectivity index (χ3n) is 0.718. The quantitative estimate of drug-likeness (QED) is 0.521. The van der Waals surface area contributed by atoms with Crippen molar-refractivity contribution in [3.8, 4) is 0 Å². The Morgan fingerprint density at radius 2 is 2.00 bits per heavy atom. The molecule has 0 rings (SSSR count). The molecule has 7 heteroatoms. The minimum Gasteiger partial charge on any atom is -0.408 e. The smallest absolute Gasteiger partial charge is 0.408 e. The molecule has 11 heavy (non-hydrogen) atoms. The van der Waals surface area contributed by atoms with Crippen LogP contribution in [0.5, 0.6) is 0 Å². The zero-order valence-electron chi connectivity index (χ0n) is 5.91. The van der Waals surface area contributed by atoms with Crippen LogP contribution in [-0.2, 0) is 18.1 Å². The summed E-state index contributed by atoms with van der Waals surface area (Å²) in [6, 6.07) is 0. The first-order chi connectivity index (χ1) is 5.04. The standard InChI is InChI=1S/C4H7ClFO4P/c1-8-11(7,9-2)10-3-4(5)6/h3H,1-2H3. The molecular formula is C4H7ClFO4P. The first kappa shape index (κ1) is 10.9. The lowest BCUT2D eigenvalue weighted by Gasteiger charge is -2.09. The Balaban J connectivity index is 4.10. The van der Waals surface area contributed by atoms with E-state index in [2.05, 4.69) is 13.6 Å². The topological polar surface area (TPSA) is 44.8 Å². The Kier molecular flexibility index (Phi) is 4.68. The fourth-order valence-corrected chi connectivity index (χ4v) is 0.915. The lowest BCUT2D eigenvalue weighted by atomic mass is 11.1. The minimum absolute atomic E-state index is 0.440. The second-order valence-corrected chi connectivity index (χ2v) is 3.52. The molecule has 0 atom stereocenters. The van der Waals surface area contributed by atoms with Crippen LogP contribution in [0, 0.1) is 0 Å². The van der Waals surface area contributed by atoms with E-state index in [1.807, 2.05) is 0 Å².